The van der Waals surface area contributed by atoms with Crippen molar-refractivity contribution >= 4 is 17.5 Å². The van der Waals surface area contributed by atoms with Crippen molar-refractivity contribution in [2.75, 3.05) is 5.43 Å². The summed E-state index contributed by atoms with van der Waals surface area (Å²) < 4.78 is 3.27. The topological polar surface area (TPSA) is 98.9 Å². The summed E-state index contributed by atoms with van der Waals surface area (Å²) in [7, 11) is 1.79. The molecule has 0 unspecified atom stereocenters. The van der Waals surface area contributed by atoms with Gasteiger partial charge in [-0.25, -0.2) is 4.68 Å². The van der Waals surface area contributed by atoms with Crippen LogP contribution in [0, 0.1) is 29.6 Å². The van der Waals surface area contributed by atoms with E-state index in [1.54, 1.807) is 23.9 Å². The Labute approximate surface area is 168 Å². The lowest BCUT2D eigenvalue weighted by Gasteiger charge is -2.07. The van der Waals surface area contributed by atoms with Crippen molar-refractivity contribution in [1.82, 2.24) is 9.36 Å². The molecule has 3 rings (SSSR count). The zero-order chi connectivity index (χ0) is 20.8. The van der Waals surface area contributed by atoms with Gasteiger partial charge in [0.15, 0.2) is 0 Å². The highest BCUT2D eigenvalue weighted by Gasteiger charge is 2.15. The van der Waals surface area contributed by atoms with E-state index in [2.05, 4.69) is 10.5 Å². The predicted molar refractivity (Wildman–Crippen MR) is 112 cm³/mol. The van der Waals surface area contributed by atoms with E-state index in [9.17, 15) is 15.3 Å². The van der Waals surface area contributed by atoms with Crippen LogP contribution in [-0.2, 0) is 7.05 Å². The third-order valence-corrected chi connectivity index (χ3v) is 4.50. The monoisotopic (exact) mass is 382 g/mol. The maximum Gasteiger partial charge on any atom is 0.296 e. The first kappa shape index (κ1) is 19.4. The van der Waals surface area contributed by atoms with Gasteiger partial charge in [0, 0.05) is 12.6 Å². The van der Waals surface area contributed by atoms with Crippen molar-refractivity contribution in [3.05, 3.63) is 87.8 Å². The summed E-state index contributed by atoms with van der Waals surface area (Å²) in [6.07, 6.45) is 1.38. The van der Waals surface area contributed by atoms with Crippen LogP contribution in [0.3, 0.4) is 0 Å². The van der Waals surface area contributed by atoms with Gasteiger partial charge < -0.3 is 0 Å². The van der Waals surface area contributed by atoms with Gasteiger partial charge in [-0.05, 0) is 24.6 Å². The molecule has 0 fully saturated rings. The number of anilines is 1. The summed E-state index contributed by atoms with van der Waals surface area (Å²) in [6.45, 7) is 1.81. The third kappa shape index (κ3) is 3.85. The molecule has 7 nitrogen and oxygen atoms in total. The first-order chi connectivity index (χ1) is 14.1. The summed E-state index contributed by atoms with van der Waals surface area (Å²) in [5.41, 5.74) is 5.27. The van der Waals surface area contributed by atoms with E-state index in [1.165, 1.54) is 10.9 Å². The number of nitrogens with one attached hydrogen (secondary N) is 1. The van der Waals surface area contributed by atoms with Crippen molar-refractivity contribution in [3.63, 3.8) is 0 Å². The van der Waals surface area contributed by atoms with Gasteiger partial charge in [0.05, 0.1) is 17.6 Å². The largest absolute Gasteiger partial charge is 0.296 e. The standard InChI is InChI=1S/C22H18N6O/c1-16-21(22(29)28(27(16)2)19-11-7-4-8-12-19)26-25-15-20(18(13-23)14-24)17-9-5-3-6-10-17/h3-12,15,26H,1-2H3/b25-15+. The number of benzene rings is 2. The van der Waals surface area contributed by atoms with Crippen molar-refractivity contribution in [2.24, 2.45) is 12.1 Å². The smallest absolute Gasteiger partial charge is 0.283 e. The second kappa shape index (κ2) is 8.55. The molecule has 1 aromatic heterocycles. The minimum atomic E-state index is -0.251. The Bertz CT molecular complexity index is 1200. The minimum Gasteiger partial charge on any atom is -0.283 e. The highest BCUT2D eigenvalue weighted by Crippen LogP contribution is 2.17. The number of allylic oxidation sites excluding steroid dienone is 2. The quantitative estimate of drug-likeness (QED) is 0.415. The van der Waals surface area contributed by atoms with Crippen LogP contribution >= 0.6 is 0 Å². The SMILES string of the molecule is Cc1c(N/N=C/C(=C(C#N)C#N)c2ccccc2)c(=O)n(-c2ccccc2)n1C. The van der Waals surface area contributed by atoms with Crippen molar-refractivity contribution in [2.45, 2.75) is 6.92 Å². The van der Waals surface area contributed by atoms with Crippen LogP contribution in [0.5, 0.6) is 0 Å². The van der Waals surface area contributed by atoms with Crippen molar-refractivity contribution in [3.8, 4) is 17.8 Å². The molecule has 0 spiro atoms. The van der Waals surface area contributed by atoms with Crippen LogP contribution in [0.4, 0.5) is 5.69 Å². The average molecular weight is 382 g/mol. The highest BCUT2D eigenvalue weighted by molar-refractivity contribution is 6.13. The van der Waals surface area contributed by atoms with Crippen LogP contribution in [0.2, 0.25) is 0 Å². The molecule has 0 radical (unpaired) electrons. The van der Waals surface area contributed by atoms with Crippen molar-refractivity contribution in [1.29, 1.82) is 10.5 Å². The molecule has 142 valence electrons. The molecule has 0 saturated carbocycles. The molecule has 0 aliphatic heterocycles. The molecule has 0 aliphatic rings. The zero-order valence-corrected chi connectivity index (χ0v) is 16.0. The van der Waals surface area contributed by atoms with E-state index in [0.717, 1.165) is 5.69 Å². The second-order valence-corrected chi connectivity index (χ2v) is 6.18. The Morgan fingerprint density at radius 1 is 1.03 bits per heavy atom. The first-order valence-corrected chi connectivity index (χ1v) is 8.81. The predicted octanol–water partition coefficient (Wildman–Crippen LogP) is 3.38. The fraction of sp³-hybridized carbons (Fsp3) is 0.0909. The van der Waals surface area contributed by atoms with Crippen LogP contribution in [0.1, 0.15) is 11.3 Å². The van der Waals surface area contributed by atoms with E-state index in [1.807, 2.05) is 67.6 Å². The summed E-state index contributed by atoms with van der Waals surface area (Å²) in [5, 5.41) is 22.7. The number of hydrogen-bond acceptors (Lipinski definition) is 5. The Hall–Kier alpha value is -4.36. The Morgan fingerprint density at radius 2 is 1.62 bits per heavy atom. The third-order valence-electron chi connectivity index (χ3n) is 4.50. The van der Waals surface area contributed by atoms with Gasteiger partial charge in [-0.15, -0.1) is 0 Å². The summed E-state index contributed by atoms with van der Waals surface area (Å²) in [4.78, 5) is 12.9. The molecule has 0 aliphatic carbocycles. The number of aromatic nitrogens is 2. The molecule has 0 bridgehead atoms. The molecule has 2 aromatic carbocycles. The van der Waals surface area contributed by atoms with Gasteiger partial charge in [0.25, 0.3) is 5.56 Å². The van der Waals surface area contributed by atoms with Crippen LogP contribution < -0.4 is 11.0 Å². The molecular formula is C22H18N6O. The van der Waals surface area contributed by atoms with E-state index >= 15 is 0 Å². The number of rotatable bonds is 5. The van der Waals surface area contributed by atoms with Gasteiger partial charge in [0.2, 0.25) is 0 Å². The molecular weight excluding hydrogens is 364 g/mol. The fourth-order valence-electron chi connectivity index (χ4n) is 2.91. The number of nitrogens with zero attached hydrogens (tertiary/aromatic N) is 5. The summed E-state index contributed by atoms with van der Waals surface area (Å²) >= 11 is 0. The molecule has 1 N–H and O–H groups in total. The van der Waals surface area contributed by atoms with Gasteiger partial charge in [-0.1, -0.05) is 48.5 Å². The van der Waals surface area contributed by atoms with Gasteiger partial charge in [-0.2, -0.15) is 15.6 Å². The Balaban J connectivity index is 1.98. The Morgan fingerprint density at radius 3 is 2.21 bits per heavy atom. The number of para-hydroxylation sites is 1. The maximum absolute atomic E-state index is 12.9. The van der Waals surface area contributed by atoms with E-state index in [-0.39, 0.29) is 11.1 Å². The lowest BCUT2D eigenvalue weighted by molar-refractivity contribution is 0.630. The lowest BCUT2D eigenvalue weighted by Crippen LogP contribution is -2.20. The molecule has 0 atom stereocenters. The highest BCUT2D eigenvalue weighted by atomic mass is 16.1. The van der Waals surface area contributed by atoms with E-state index in [0.29, 0.717) is 22.5 Å². The van der Waals surface area contributed by atoms with Crippen LogP contribution in [-0.4, -0.2) is 15.6 Å². The first-order valence-electron chi connectivity index (χ1n) is 8.81. The van der Waals surface area contributed by atoms with Gasteiger partial charge >= 0.3 is 0 Å². The van der Waals surface area contributed by atoms with Crippen molar-refractivity contribution < 1.29 is 0 Å². The summed E-state index contributed by atoms with van der Waals surface area (Å²) in [6, 6.07) is 22.1. The Kier molecular flexibility index (Phi) is 5.72. The number of nitriles is 2. The van der Waals surface area contributed by atoms with Crippen LogP contribution in [0.15, 0.2) is 76.1 Å². The fourth-order valence-corrected chi connectivity index (χ4v) is 2.91. The molecule has 7 heteroatoms. The number of hydrazone groups is 1. The van der Waals surface area contributed by atoms with E-state index in [4.69, 9.17) is 0 Å². The van der Waals surface area contributed by atoms with Gasteiger partial charge in [0.1, 0.15) is 23.4 Å². The zero-order valence-electron chi connectivity index (χ0n) is 16.0. The molecule has 29 heavy (non-hydrogen) atoms. The lowest BCUT2D eigenvalue weighted by atomic mass is 10.0. The van der Waals surface area contributed by atoms with E-state index < -0.39 is 0 Å². The normalized spacial score (nSPS) is 10.3. The average Bonchev–Trinajstić information content (AvgIpc) is 2.97. The maximum atomic E-state index is 12.9. The number of hydrogen-bond donors (Lipinski definition) is 1. The molecule has 0 saturated heterocycles. The molecule has 0 amide bonds. The van der Waals surface area contributed by atoms with Gasteiger partial charge in [-0.3, -0.25) is 14.9 Å². The van der Waals surface area contributed by atoms with Crippen LogP contribution in [0.25, 0.3) is 11.3 Å². The second-order valence-electron chi connectivity index (χ2n) is 6.18. The minimum absolute atomic E-state index is 0.0618. The summed E-state index contributed by atoms with van der Waals surface area (Å²) in [5.74, 6) is 0. The molecule has 3 aromatic rings. The molecule has 1 heterocycles.